The SMILES string of the molecule is O=C(Nc1c[nH]c2ncc(-c3ccc(CN4CCC[C@H](F)C4)cc3)cc12)c1cnn(Cc2ccccc2)c1. The number of hydrogen-bond acceptors (Lipinski definition) is 4. The van der Waals surface area contributed by atoms with E-state index in [4.69, 9.17) is 0 Å². The zero-order valence-corrected chi connectivity index (χ0v) is 21.0. The number of H-pyrrole nitrogens is 1. The topological polar surface area (TPSA) is 78.8 Å². The normalized spacial score (nSPS) is 16.1. The zero-order valence-electron chi connectivity index (χ0n) is 21.0. The fraction of sp³-hybridized carbons (Fsp3) is 0.233. The maximum Gasteiger partial charge on any atom is 0.258 e. The molecule has 1 fully saturated rings. The van der Waals surface area contributed by atoms with Crippen molar-refractivity contribution in [1.29, 1.82) is 0 Å². The van der Waals surface area contributed by atoms with Crippen LogP contribution in [0.25, 0.3) is 22.2 Å². The van der Waals surface area contributed by atoms with Gasteiger partial charge in [-0.15, -0.1) is 0 Å². The standard InChI is InChI=1S/C30H29FN6O/c31-26-7-4-12-36(20-26)17-22-8-10-23(11-9-22)24-13-27-28(16-33-29(27)32-14-24)35-30(38)25-15-34-37(19-25)18-21-5-2-1-3-6-21/h1-3,5-6,8-11,13-16,19,26H,4,7,12,17-18,20H2,(H,32,33)(H,35,38)/t26-/m0/s1. The summed E-state index contributed by atoms with van der Waals surface area (Å²) in [6.45, 7) is 2.81. The van der Waals surface area contributed by atoms with Gasteiger partial charge in [0.25, 0.3) is 5.91 Å². The van der Waals surface area contributed by atoms with Gasteiger partial charge in [0.2, 0.25) is 0 Å². The fourth-order valence-corrected chi connectivity index (χ4v) is 5.00. The number of aromatic nitrogens is 4. The highest BCUT2D eigenvalue weighted by atomic mass is 19.1. The van der Waals surface area contributed by atoms with Gasteiger partial charge in [-0.05, 0) is 42.1 Å². The molecule has 0 spiro atoms. The monoisotopic (exact) mass is 508 g/mol. The van der Waals surface area contributed by atoms with Gasteiger partial charge in [-0.1, -0.05) is 54.6 Å². The molecule has 6 rings (SSSR count). The lowest BCUT2D eigenvalue weighted by Gasteiger charge is -2.28. The van der Waals surface area contributed by atoms with E-state index in [1.807, 2.05) is 42.6 Å². The molecule has 0 unspecified atom stereocenters. The maximum atomic E-state index is 13.7. The van der Waals surface area contributed by atoms with E-state index < -0.39 is 6.17 Å². The van der Waals surface area contributed by atoms with Gasteiger partial charge in [0.1, 0.15) is 11.8 Å². The number of carbonyl (C=O) groups excluding carboxylic acids is 1. The molecule has 7 nitrogen and oxygen atoms in total. The second-order valence-electron chi connectivity index (χ2n) is 9.86. The van der Waals surface area contributed by atoms with Crippen LogP contribution in [0.5, 0.6) is 0 Å². The number of pyridine rings is 1. The zero-order chi connectivity index (χ0) is 25.9. The first-order valence-electron chi connectivity index (χ1n) is 12.9. The van der Waals surface area contributed by atoms with Crippen molar-refractivity contribution in [2.24, 2.45) is 0 Å². The van der Waals surface area contributed by atoms with Crippen LogP contribution < -0.4 is 5.32 Å². The first-order valence-corrected chi connectivity index (χ1v) is 12.9. The predicted molar refractivity (Wildman–Crippen MR) is 147 cm³/mol. The summed E-state index contributed by atoms with van der Waals surface area (Å²) in [5, 5.41) is 8.17. The molecule has 38 heavy (non-hydrogen) atoms. The van der Waals surface area contributed by atoms with Crippen LogP contribution >= 0.6 is 0 Å². The summed E-state index contributed by atoms with van der Waals surface area (Å²) in [7, 11) is 0. The van der Waals surface area contributed by atoms with Crippen molar-refractivity contribution < 1.29 is 9.18 Å². The second kappa shape index (κ2) is 10.6. The Labute approximate surface area is 220 Å². The second-order valence-corrected chi connectivity index (χ2v) is 9.86. The number of piperidine rings is 1. The molecule has 1 saturated heterocycles. The van der Waals surface area contributed by atoms with E-state index in [0.29, 0.717) is 36.4 Å². The molecule has 192 valence electrons. The van der Waals surface area contributed by atoms with Crippen molar-refractivity contribution in [3.63, 3.8) is 0 Å². The van der Waals surface area contributed by atoms with Gasteiger partial charge in [-0.3, -0.25) is 14.4 Å². The Bertz CT molecular complexity index is 1540. The van der Waals surface area contributed by atoms with Crippen LogP contribution in [0, 0.1) is 0 Å². The number of likely N-dealkylation sites (tertiary alicyclic amines) is 1. The summed E-state index contributed by atoms with van der Waals surface area (Å²) in [5.41, 5.74) is 6.12. The number of hydrogen-bond donors (Lipinski definition) is 2. The highest BCUT2D eigenvalue weighted by Gasteiger charge is 2.19. The van der Waals surface area contributed by atoms with E-state index in [2.05, 4.69) is 49.5 Å². The third kappa shape index (κ3) is 5.35. The highest BCUT2D eigenvalue weighted by Crippen LogP contribution is 2.28. The smallest absolute Gasteiger partial charge is 0.258 e. The first-order chi connectivity index (χ1) is 18.6. The van der Waals surface area contributed by atoms with E-state index in [0.717, 1.165) is 41.6 Å². The Hall–Kier alpha value is -4.30. The summed E-state index contributed by atoms with van der Waals surface area (Å²) in [4.78, 5) is 22.8. The van der Waals surface area contributed by atoms with Gasteiger partial charge < -0.3 is 10.3 Å². The molecular formula is C30H29FN6O. The Morgan fingerprint density at radius 1 is 1.03 bits per heavy atom. The van der Waals surface area contributed by atoms with Crippen molar-refractivity contribution in [2.75, 3.05) is 18.4 Å². The van der Waals surface area contributed by atoms with E-state index in [1.54, 1.807) is 23.3 Å². The number of carbonyl (C=O) groups is 1. The van der Waals surface area contributed by atoms with Gasteiger partial charge in [-0.25, -0.2) is 9.37 Å². The lowest BCUT2D eigenvalue weighted by atomic mass is 10.0. The van der Waals surface area contributed by atoms with Crippen molar-refractivity contribution in [3.05, 3.63) is 102 Å². The molecule has 2 aromatic carbocycles. The van der Waals surface area contributed by atoms with Gasteiger partial charge in [-0.2, -0.15) is 5.10 Å². The molecule has 1 amide bonds. The van der Waals surface area contributed by atoms with Gasteiger partial charge in [0, 0.05) is 42.6 Å². The molecule has 4 heterocycles. The van der Waals surface area contributed by atoms with Crippen LogP contribution in [0.4, 0.5) is 10.1 Å². The third-order valence-corrected chi connectivity index (χ3v) is 7.00. The Balaban J connectivity index is 1.15. The number of alkyl halides is 1. The molecule has 8 heteroatoms. The summed E-state index contributed by atoms with van der Waals surface area (Å²) in [5.74, 6) is -0.229. The van der Waals surface area contributed by atoms with Gasteiger partial charge in [0.15, 0.2) is 0 Å². The number of nitrogens with one attached hydrogen (secondary N) is 2. The molecule has 3 aromatic heterocycles. The fourth-order valence-electron chi connectivity index (χ4n) is 5.00. The van der Waals surface area contributed by atoms with E-state index >= 15 is 0 Å². The Morgan fingerprint density at radius 2 is 1.84 bits per heavy atom. The minimum Gasteiger partial charge on any atom is -0.344 e. The molecule has 0 saturated carbocycles. The van der Waals surface area contributed by atoms with Crippen LogP contribution in [-0.2, 0) is 13.1 Å². The minimum absolute atomic E-state index is 0.229. The molecule has 1 atom stereocenters. The van der Waals surface area contributed by atoms with Gasteiger partial charge >= 0.3 is 0 Å². The number of nitrogens with zero attached hydrogens (tertiary/aromatic N) is 4. The third-order valence-electron chi connectivity index (χ3n) is 7.00. The Kier molecular flexibility index (Phi) is 6.71. The molecule has 1 aliphatic heterocycles. The molecule has 2 N–H and O–H groups in total. The molecule has 0 radical (unpaired) electrons. The molecule has 5 aromatic rings. The largest absolute Gasteiger partial charge is 0.344 e. The van der Waals surface area contributed by atoms with Crippen LogP contribution in [-0.4, -0.2) is 49.8 Å². The summed E-state index contributed by atoms with van der Waals surface area (Å²) >= 11 is 0. The number of fused-ring (bicyclic) bond motifs is 1. The highest BCUT2D eigenvalue weighted by molar-refractivity contribution is 6.08. The van der Waals surface area contributed by atoms with Crippen LogP contribution in [0.1, 0.15) is 34.3 Å². The van der Waals surface area contributed by atoms with Crippen LogP contribution in [0.15, 0.2) is 85.5 Å². The number of halogens is 1. The predicted octanol–water partition coefficient (Wildman–Crippen LogP) is 5.66. The summed E-state index contributed by atoms with van der Waals surface area (Å²) in [6.07, 6.45) is 7.78. The number of amides is 1. The van der Waals surface area contributed by atoms with Crippen LogP contribution in [0.3, 0.4) is 0 Å². The lowest BCUT2D eigenvalue weighted by Crippen LogP contribution is -2.35. The first kappa shape index (κ1) is 24.1. The number of rotatable bonds is 7. The quantitative estimate of drug-likeness (QED) is 0.297. The van der Waals surface area contributed by atoms with Crippen molar-refractivity contribution in [1.82, 2.24) is 24.6 Å². The van der Waals surface area contributed by atoms with Crippen molar-refractivity contribution >= 4 is 22.6 Å². The number of aromatic amines is 1. The maximum absolute atomic E-state index is 13.7. The van der Waals surface area contributed by atoms with Crippen molar-refractivity contribution in [2.45, 2.75) is 32.1 Å². The van der Waals surface area contributed by atoms with Crippen molar-refractivity contribution in [3.8, 4) is 11.1 Å². The van der Waals surface area contributed by atoms with Crippen LogP contribution in [0.2, 0.25) is 0 Å². The summed E-state index contributed by atoms with van der Waals surface area (Å²) in [6, 6.07) is 20.4. The average Bonchev–Trinajstić information content (AvgIpc) is 3.57. The average molecular weight is 509 g/mol. The van der Waals surface area contributed by atoms with E-state index in [9.17, 15) is 9.18 Å². The number of benzene rings is 2. The molecule has 1 aliphatic rings. The molecule has 0 bridgehead atoms. The minimum atomic E-state index is -0.720. The van der Waals surface area contributed by atoms with Gasteiger partial charge in [0.05, 0.1) is 24.0 Å². The molecular weight excluding hydrogens is 479 g/mol. The van der Waals surface area contributed by atoms with E-state index in [1.165, 1.54) is 5.56 Å². The Morgan fingerprint density at radius 3 is 2.66 bits per heavy atom. The summed E-state index contributed by atoms with van der Waals surface area (Å²) < 4.78 is 15.5. The van der Waals surface area contributed by atoms with E-state index in [-0.39, 0.29) is 5.91 Å². The molecule has 0 aliphatic carbocycles. The lowest BCUT2D eigenvalue weighted by molar-refractivity contribution is 0.102. The number of anilines is 1.